The zero-order chi connectivity index (χ0) is 12.1. The zero-order valence-electron chi connectivity index (χ0n) is 10.0. The van der Waals surface area contributed by atoms with Crippen molar-refractivity contribution in [2.24, 2.45) is 0 Å². The van der Waals surface area contributed by atoms with E-state index in [4.69, 9.17) is 5.73 Å². The molecule has 16 heavy (non-hydrogen) atoms. The van der Waals surface area contributed by atoms with E-state index in [-0.39, 0.29) is 5.41 Å². The Morgan fingerprint density at radius 1 is 1.38 bits per heavy atom. The Bertz CT molecular complexity index is 549. The standard InChI is InChI=1S/C12H16BrN3/c1-7-5-8(13)11-15-9(12(2,3)4)10(14)16(11)6-7/h5-6H,14H2,1-4H3. The van der Waals surface area contributed by atoms with Crippen LogP contribution in [0.25, 0.3) is 5.65 Å². The minimum absolute atomic E-state index is 0.0382. The molecule has 0 aliphatic heterocycles. The molecule has 0 spiro atoms. The van der Waals surface area contributed by atoms with Gasteiger partial charge in [-0.15, -0.1) is 0 Å². The van der Waals surface area contributed by atoms with Crippen LogP contribution in [0.1, 0.15) is 32.0 Å². The minimum atomic E-state index is -0.0382. The third kappa shape index (κ3) is 1.71. The fourth-order valence-electron chi connectivity index (χ4n) is 1.80. The van der Waals surface area contributed by atoms with Crippen LogP contribution in [0.15, 0.2) is 16.7 Å². The Morgan fingerprint density at radius 3 is 2.56 bits per heavy atom. The van der Waals surface area contributed by atoms with Gasteiger partial charge in [0.2, 0.25) is 0 Å². The van der Waals surface area contributed by atoms with Gasteiger partial charge in [0, 0.05) is 11.6 Å². The van der Waals surface area contributed by atoms with E-state index in [0.29, 0.717) is 0 Å². The number of nitrogen functional groups attached to an aromatic ring is 1. The molecule has 0 saturated carbocycles. The van der Waals surface area contributed by atoms with Gasteiger partial charge in [0.1, 0.15) is 5.82 Å². The van der Waals surface area contributed by atoms with Crippen molar-refractivity contribution in [2.75, 3.05) is 5.73 Å². The van der Waals surface area contributed by atoms with Crippen molar-refractivity contribution >= 4 is 27.4 Å². The Morgan fingerprint density at radius 2 is 2.00 bits per heavy atom. The van der Waals surface area contributed by atoms with Gasteiger partial charge in [0.25, 0.3) is 0 Å². The largest absolute Gasteiger partial charge is 0.383 e. The topological polar surface area (TPSA) is 43.3 Å². The molecule has 0 radical (unpaired) electrons. The number of rotatable bonds is 0. The van der Waals surface area contributed by atoms with Gasteiger partial charge in [0.05, 0.1) is 10.2 Å². The second-order valence-corrected chi connectivity index (χ2v) is 6.01. The third-order valence-electron chi connectivity index (χ3n) is 2.56. The number of aryl methyl sites for hydroxylation is 1. The first kappa shape index (κ1) is 11.5. The zero-order valence-corrected chi connectivity index (χ0v) is 11.6. The summed E-state index contributed by atoms with van der Waals surface area (Å²) in [6.45, 7) is 8.39. The monoisotopic (exact) mass is 281 g/mol. The number of halogens is 1. The number of pyridine rings is 1. The van der Waals surface area contributed by atoms with E-state index in [1.54, 1.807) is 0 Å². The smallest absolute Gasteiger partial charge is 0.153 e. The quantitative estimate of drug-likeness (QED) is 0.805. The molecule has 2 N–H and O–H groups in total. The molecule has 0 aliphatic carbocycles. The van der Waals surface area contributed by atoms with Crippen molar-refractivity contribution in [3.8, 4) is 0 Å². The summed E-state index contributed by atoms with van der Waals surface area (Å²) in [6, 6.07) is 2.05. The molecule has 0 fully saturated rings. The van der Waals surface area contributed by atoms with Crippen molar-refractivity contribution in [3.63, 3.8) is 0 Å². The molecule has 0 saturated heterocycles. The number of fused-ring (bicyclic) bond motifs is 1. The van der Waals surface area contributed by atoms with Crippen LogP contribution >= 0.6 is 15.9 Å². The van der Waals surface area contributed by atoms with E-state index in [1.165, 1.54) is 0 Å². The van der Waals surface area contributed by atoms with Gasteiger partial charge in [0.15, 0.2) is 5.65 Å². The second kappa shape index (κ2) is 3.48. The fraction of sp³-hybridized carbons (Fsp3) is 0.417. The highest BCUT2D eigenvalue weighted by molar-refractivity contribution is 9.10. The highest BCUT2D eigenvalue weighted by Crippen LogP contribution is 2.30. The minimum Gasteiger partial charge on any atom is -0.383 e. The predicted molar refractivity (Wildman–Crippen MR) is 70.7 cm³/mol. The van der Waals surface area contributed by atoms with E-state index in [1.807, 2.05) is 23.6 Å². The second-order valence-electron chi connectivity index (χ2n) is 5.15. The highest BCUT2D eigenvalue weighted by atomic mass is 79.9. The van der Waals surface area contributed by atoms with Gasteiger partial charge in [-0.25, -0.2) is 4.98 Å². The molecule has 0 atom stereocenters. The number of nitrogens with zero attached hydrogens (tertiary/aromatic N) is 2. The molecule has 2 heterocycles. The first-order valence-electron chi connectivity index (χ1n) is 5.25. The summed E-state index contributed by atoms with van der Waals surface area (Å²) < 4.78 is 2.93. The van der Waals surface area contributed by atoms with E-state index in [9.17, 15) is 0 Å². The van der Waals surface area contributed by atoms with Crippen LogP contribution in [0.4, 0.5) is 5.82 Å². The normalized spacial score (nSPS) is 12.3. The first-order valence-corrected chi connectivity index (χ1v) is 6.04. The van der Waals surface area contributed by atoms with Crippen LogP contribution in [0, 0.1) is 6.92 Å². The number of nitrogens with two attached hydrogens (primary N) is 1. The average Bonchev–Trinajstić information content (AvgIpc) is 2.43. The molecular weight excluding hydrogens is 266 g/mol. The van der Waals surface area contributed by atoms with Crippen molar-refractivity contribution in [1.82, 2.24) is 9.38 Å². The summed E-state index contributed by atoms with van der Waals surface area (Å²) in [5, 5.41) is 0. The maximum Gasteiger partial charge on any atom is 0.153 e. The van der Waals surface area contributed by atoms with Crippen LogP contribution in [0.5, 0.6) is 0 Å². The van der Waals surface area contributed by atoms with Gasteiger partial charge < -0.3 is 5.73 Å². The van der Waals surface area contributed by atoms with Crippen molar-refractivity contribution < 1.29 is 0 Å². The number of aromatic nitrogens is 2. The summed E-state index contributed by atoms with van der Waals surface area (Å²) in [4.78, 5) is 4.62. The summed E-state index contributed by atoms with van der Waals surface area (Å²) in [7, 11) is 0. The van der Waals surface area contributed by atoms with Crippen LogP contribution < -0.4 is 5.73 Å². The average molecular weight is 282 g/mol. The van der Waals surface area contributed by atoms with Crippen LogP contribution in [-0.4, -0.2) is 9.38 Å². The molecule has 0 aromatic carbocycles. The number of hydrogen-bond donors (Lipinski definition) is 1. The third-order valence-corrected chi connectivity index (χ3v) is 3.14. The molecule has 4 heteroatoms. The Balaban J connectivity index is 2.83. The van der Waals surface area contributed by atoms with Gasteiger partial charge >= 0.3 is 0 Å². The van der Waals surface area contributed by atoms with Crippen LogP contribution in [0.2, 0.25) is 0 Å². The summed E-state index contributed by atoms with van der Waals surface area (Å²) >= 11 is 3.52. The molecule has 0 amide bonds. The maximum absolute atomic E-state index is 6.14. The van der Waals surface area contributed by atoms with Gasteiger partial charge in [-0.1, -0.05) is 20.8 Å². The number of imidazole rings is 1. The molecular formula is C12H16BrN3. The van der Waals surface area contributed by atoms with E-state index >= 15 is 0 Å². The Labute approximate surface area is 104 Å². The van der Waals surface area contributed by atoms with Crippen LogP contribution in [-0.2, 0) is 5.41 Å². The maximum atomic E-state index is 6.14. The van der Waals surface area contributed by atoms with E-state index in [0.717, 1.165) is 27.2 Å². The summed E-state index contributed by atoms with van der Waals surface area (Å²) in [6.07, 6.45) is 2.01. The predicted octanol–water partition coefficient (Wildman–Crippen LogP) is 3.28. The fourth-order valence-corrected chi connectivity index (χ4v) is 2.44. The molecule has 0 unspecified atom stereocenters. The van der Waals surface area contributed by atoms with Gasteiger partial charge in [-0.2, -0.15) is 0 Å². The van der Waals surface area contributed by atoms with Gasteiger partial charge in [-0.3, -0.25) is 4.40 Å². The lowest BCUT2D eigenvalue weighted by Gasteiger charge is -2.15. The number of anilines is 1. The lowest BCUT2D eigenvalue weighted by atomic mass is 9.92. The molecule has 0 bridgehead atoms. The van der Waals surface area contributed by atoms with E-state index < -0.39 is 0 Å². The van der Waals surface area contributed by atoms with E-state index in [2.05, 4.69) is 41.7 Å². The highest BCUT2D eigenvalue weighted by Gasteiger charge is 2.23. The van der Waals surface area contributed by atoms with Crippen LogP contribution in [0.3, 0.4) is 0 Å². The van der Waals surface area contributed by atoms with Crippen molar-refractivity contribution in [1.29, 1.82) is 0 Å². The molecule has 86 valence electrons. The molecule has 3 nitrogen and oxygen atoms in total. The lowest BCUT2D eigenvalue weighted by molar-refractivity contribution is 0.575. The Kier molecular flexibility index (Phi) is 2.49. The Hall–Kier alpha value is -1.03. The first-order chi connectivity index (χ1) is 7.30. The summed E-state index contributed by atoms with van der Waals surface area (Å²) in [5.74, 6) is 0.729. The van der Waals surface area contributed by atoms with Crippen molar-refractivity contribution in [3.05, 3.63) is 28.0 Å². The molecule has 2 aromatic rings. The molecule has 2 aromatic heterocycles. The molecule has 0 aliphatic rings. The molecule has 2 rings (SSSR count). The lowest BCUT2D eigenvalue weighted by Crippen LogP contribution is -2.14. The summed E-state index contributed by atoms with van der Waals surface area (Å²) in [5.41, 5.74) is 9.09. The number of hydrogen-bond acceptors (Lipinski definition) is 2. The van der Waals surface area contributed by atoms with Crippen molar-refractivity contribution in [2.45, 2.75) is 33.1 Å². The SMILES string of the molecule is Cc1cc(Br)c2nc(C(C)(C)C)c(N)n2c1. The van der Waals surface area contributed by atoms with Gasteiger partial charge in [-0.05, 0) is 34.5 Å².